The van der Waals surface area contributed by atoms with Gasteiger partial charge in [0.2, 0.25) is 0 Å². The predicted octanol–water partition coefficient (Wildman–Crippen LogP) is 7.11. The number of halogens is 1. The summed E-state index contributed by atoms with van der Waals surface area (Å²) in [6, 6.07) is 24.1. The van der Waals surface area contributed by atoms with Crippen LogP contribution in [0.1, 0.15) is 48.6 Å². The van der Waals surface area contributed by atoms with Crippen molar-refractivity contribution in [1.82, 2.24) is 14.9 Å². The Balaban J connectivity index is 1.62. The van der Waals surface area contributed by atoms with Crippen molar-refractivity contribution < 1.29 is 4.74 Å². The molecule has 0 spiro atoms. The van der Waals surface area contributed by atoms with E-state index in [0.717, 1.165) is 39.2 Å². The van der Waals surface area contributed by atoms with Crippen LogP contribution >= 0.6 is 23.8 Å². The SMILES string of the molecule is Cc1cc(C2C(c3ccccn3)NC(=S)N2c2ccc(OC(C)C)cc2)c(C)n1-c1ccc(Cl)cc1. The number of rotatable bonds is 6. The molecule has 4 aromatic rings. The largest absolute Gasteiger partial charge is 0.491 e. The molecule has 2 aromatic heterocycles. The minimum absolute atomic E-state index is 0.0866. The summed E-state index contributed by atoms with van der Waals surface area (Å²) in [5, 5.41) is 4.95. The summed E-state index contributed by atoms with van der Waals surface area (Å²) in [6.07, 6.45) is 1.94. The Morgan fingerprint density at radius 1 is 0.972 bits per heavy atom. The predicted molar refractivity (Wildman–Crippen MR) is 150 cm³/mol. The maximum Gasteiger partial charge on any atom is 0.174 e. The third-order valence-corrected chi connectivity index (χ3v) is 7.03. The Morgan fingerprint density at radius 2 is 1.67 bits per heavy atom. The molecular weight excluding hydrogens is 488 g/mol. The molecule has 1 N–H and O–H groups in total. The highest BCUT2D eigenvalue weighted by atomic mass is 35.5. The molecule has 2 unspecified atom stereocenters. The number of aryl methyl sites for hydroxylation is 1. The number of hydrogen-bond donors (Lipinski definition) is 1. The standard InChI is InChI=1S/C29H29ClN4OS/c1-18(2)35-24-14-12-23(13-15-24)34-28(27(32-29(34)36)26-7-5-6-16-31-26)25-17-19(3)33(20(25)4)22-10-8-21(30)9-11-22/h5-18,27-28H,1-4H3,(H,32,36). The molecule has 0 bridgehead atoms. The van der Waals surface area contributed by atoms with Crippen LogP contribution in [-0.4, -0.2) is 20.8 Å². The molecule has 0 saturated carbocycles. The lowest BCUT2D eigenvalue weighted by molar-refractivity contribution is 0.242. The minimum Gasteiger partial charge on any atom is -0.491 e. The molecule has 1 aliphatic heterocycles. The normalized spacial score (nSPS) is 17.5. The van der Waals surface area contributed by atoms with Crippen molar-refractivity contribution in [3.8, 4) is 11.4 Å². The van der Waals surface area contributed by atoms with Crippen LogP contribution < -0.4 is 15.0 Å². The molecule has 1 saturated heterocycles. The van der Waals surface area contributed by atoms with Gasteiger partial charge in [0, 0.05) is 34.0 Å². The average molecular weight is 517 g/mol. The summed E-state index contributed by atoms with van der Waals surface area (Å²) in [5.41, 5.74) is 6.50. The van der Waals surface area contributed by atoms with Crippen molar-refractivity contribution in [3.63, 3.8) is 0 Å². The Kier molecular flexibility index (Phi) is 6.73. The molecule has 3 heterocycles. The zero-order valence-corrected chi connectivity index (χ0v) is 22.3. The first kappa shape index (κ1) is 24.3. The molecule has 36 heavy (non-hydrogen) atoms. The van der Waals surface area contributed by atoms with Crippen molar-refractivity contribution in [2.75, 3.05) is 4.90 Å². The summed E-state index contributed by atoms with van der Waals surface area (Å²) >= 11 is 12.1. The Bertz CT molecular complexity index is 1370. The number of aromatic nitrogens is 2. The monoisotopic (exact) mass is 516 g/mol. The van der Waals surface area contributed by atoms with Gasteiger partial charge in [-0.15, -0.1) is 0 Å². The first-order valence-corrected chi connectivity index (χ1v) is 12.8. The van der Waals surface area contributed by atoms with Gasteiger partial charge in [-0.2, -0.15) is 0 Å². The van der Waals surface area contributed by atoms with Crippen LogP contribution in [0.4, 0.5) is 5.69 Å². The third-order valence-electron chi connectivity index (χ3n) is 6.46. The van der Waals surface area contributed by atoms with Crippen LogP contribution in [-0.2, 0) is 0 Å². The van der Waals surface area contributed by atoms with Crippen LogP contribution in [0.25, 0.3) is 5.69 Å². The number of pyridine rings is 1. The molecule has 5 rings (SSSR count). The van der Waals surface area contributed by atoms with Gasteiger partial charge < -0.3 is 19.5 Å². The van der Waals surface area contributed by atoms with E-state index in [1.54, 1.807) is 0 Å². The molecule has 1 aliphatic rings. The van der Waals surface area contributed by atoms with Gasteiger partial charge in [0.15, 0.2) is 5.11 Å². The lowest BCUT2D eigenvalue weighted by atomic mass is 9.96. The number of thiocarbonyl (C=S) groups is 1. The van der Waals surface area contributed by atoms with Crippen molar-refractivity contribution in [2.45, 2.75) is 45.9 Å². The van der Waals surface area contributed by atoms with E-state index in [1.807, 2.05) is 68.6 Å². The molecule has 7 heteroatoms. The smallest absolute Gasteiger partial charge is 0.174 e. The summed E-state index contributed by atoms with van der Waals surface area (Å²) in [4.78, 5) is 6.88. The lowest BCUT2D eigenvalue weighted by Crippen LogP contribution is -2.29. The van der Waals surface area contributed by atoms with Crippen LogP contribution in [0.5, 0.6) is 5.75 Å². The second-order valence-corrected chi connectivity index (χ2v) is 10.1. The first-order chi connectivity index (χ1) is 17.3. The molecule has 184 valence electrons. The van der Waals surface area contributed by atoms with Crippen LogP contribution in [0, 0.1) is 13.8 Å². The third kappa shape index (κ3) is 4.59. The van der Waals surface area contributed by atoms with E-state index in [9.17, 15) is 0 Å². The highest BCUT2D eigenvalue weighted by Crippen LogP contribution is 2.44. The van der Waals surface area contributed by atoms with Crippen molar-refractivity contribution in [2.24, 2.45) is 0 Å². The second kappa shape index (κ2) is 9.96. The van der Waals surface area contributed by atoms with Crippen molar-refractivity contribution in [3.05, 3.63) is 107 Å². The quantitative estimate of drug-likeness (QED) is 0.277. The maximum atomic E-state index is 6.16. The van der Waals surface area contributed by atoms with Gasteiger partial charge in [0.05, 0.1) is 23.9 Å². The van der Waals surface area contributed by atoms with Crippen LogP contribution in [0.2, 0.25) is 5.02 Å². The lowest BCUT2D eigenvalue weighted by Gasteiger charge is -2.28. The summed E-state index contributed by atoms with van der Waals surface area (Å²) in [7, 11) is 0. The topological polar surface area (TPSA) is 42.3 Å². The Labute approximate surface area is 222 Å². The van der Waals surface area contributed by atoms with Gasteiger partial charge in [-0.1, -0.05) is 17.7 Å². The number of hydrogen-bond acceptors (Lipinski definition) is 3. The second-order valence-electron chi connectivity index (χ2n) is 9.30. The van der Waals surface area contributed by atoms with Gasteiger partial charge >= 0.3 is 0 Å². The molecule has 1 fully saturated rings. The fourth-order valence-corrected chi connectivity index (χ4v) is 5.45. The fourth-order valence-electron chi connectivity index (χ4n) is 4.98. The molecule has 0 amide bonds. The Morgan fingerprint density at radius 3 is 2.31 bits per heavy atom. The van der Waals surface area contributed by atoms with E-state index in [0.29, 0.717) is 5.11 Å². The molecule has 0 radical (unpaired) electrons. The maximum absolute atomic E-state index is 6.16. The minimum atomic E-state index is -0.107. The summed E-state index contributed by atoms with van der Waals surface area (Å²) in [5.74, 6) is 0.838. The summed E-state index contributed by atoms with van der Waals surface area (Å²) in [6.45, 7) is 8.34. The van der Waals surface area contributed by atoms with Crippen molar-refractivity contribution >= 4 is 34.6 Å². The highest BCUT2D eigenvalue weighted by Gasteiger charge is 2.42. The molecular formula is C29H29ClN4OS. The van der Waals surface area contributed by atoms with Gasteiger partial charge in [-0.05, 0) is 112 Å². The molecule has 0 aliphatic carbocycles. The van der Waals surface area contributed by atoms with E-state index in [1.165, 1.54) is 5.56 Å². The van der Waals surface area contributed by atoms with Gasteiger partial charge in [-0.3, -0.25) is 4.98 Å². The van der Waals surface area contributed by atoms with E-state index in [4.69, 9.17) is 28.6 Å². The van der Waals surface area contributed by atoms with Gasteiger partial charge in [0.1, 0.15) is 5.75 Å². The van der Waals surface area contributed by atoms with E-state index in [2.05, 4.69) is 57.9 Å². The number of nitrogens with one attached hydrogen (secondary N) is 1. The van der Waals surface area contributed by atoms with Crippen LogP contribution in [0.15, 0.2) is 79.0 Å². The van der Waals surface area contributed by atoms with Gasteiger partial charge in [-0.25, -0.2) is 0 Å². The number of anilines is 1. The Hall–Kier alpha value is -3.35. The molecule has 2 atom stereocenters. The summed E-state index contributed by atoms with van der Waals surface area (Å²) < 4.78 is 8.13. The zero-order chi connectivity index (χ0) is 25.4. The molecule has 5 nitrogen and oxygen atoms in total. The first-order valence-electron chi connectivity index (χ1n) is 12.1. The molecule has 2 aromatic carbocycles. The van der Waals surface area contributed by atoms with Gasteiger partial charge in [0.25, 0.3) is 0 Å². The van der Waals surface area contributed by atoms with E-state index < -0.39 is 0 Å². The number of nitrogens with zero attached hydrogens (tertiary/aromatic N) is 3. The fraction of sp³-hybridized carbons (Fsp3) is 0.241. The zero-order valence-electron chi connectivity index (χ0n) is 20.8. The van der Waals surface area contributed by atoms with E-state index >= 15 is 0 Å². The van der Waals surface area contributed by atoms with E-state index in [-0.39, 0.29) is 18.2 Å². The van der Waals surface area contributed by atoms with Crippen LogP contribution in [0.3, 0.4) is 0 Å². The number of benzene rings is 2. The average Bonchev–Trinajstić information content (AvgIpc) is 3.35. The number of ether oxygens (including phenoxy) is 1. The highest BCUT2D eigenvalue weighted by molar-refractivity contribution is 7.80. The van der Waals surface area contributed by atoms with Crippen molar-refractivity contribution in [1.29, 1.82) is 0 Å².